The fraction of sp³-hybridized carbons (Fsp3) is 0.917. The smallest absolute Gasteiger partial charge is 0.220 e. The Morgan fingerprint density at radius 1 is 1.17 bits per heavy atom. The highest BCUT2D eigenvalue weighted by Crippen LogP contribution is 2.18. The van der Waals surface area contributed by atoms with Crippen LogP contribution in [-0.4, -0.2) is 45.5 Å². The van der Waals surface area contributed by atoms with Gasteiger partial charge in [0.1, 0.15) is 0 Å². The minimum absolute atomic E-state index is 0.0752. The van der Waals surface area contributed by atoms with E-state index in [4.69, 9.17) is 0 Å². The van der Waals surface area contributed by atoms with Gasteiger partial charge in [-0.15, -0.1) is 0 Å². The summed E-state index contributed by atoms with van der Waals surface area (Å²) in [7, 11) is -2.83. The maximum Gasteiger partial charge on any atom is 0.220 e. The molecule has 1 unspecified atom stereocenters. The Kier molecular flexibility index (Phi) is 4.61. The van der Waals surface area contributed by atoms with Gasteiger partial charge in [-0.25, -0.2) is 8.42 Å². The van der Waals surface area contributed by atoms with E-state index in [-0.39, 0.29) is 23.3 Å². The van der Waals surface area contributed by atoms with Gasteiger partial charge in [0.05, 0.1) is 11.5 Å². The molecule has 104 valence electrons. The Morgan fingerprint density at radius 2 is 1.89 bits per heavy atom. The highest BCUT2D eigenvalue weighted by Gasteiger charge is 2.28. The van der Waals surface area contributed by atoms with Crippen LogP contribution in [0.5, 0.6) is 0 Å². The molecule has 0 saturated carbocycles. The second-order valence-electron chi connectivity index (χ2n) is 5.47. The summed E-state index contributed by atoms with van der Waals surface area (Å²) in [6.07, 6.45) is 3.40. The topological polar surface area (TPSA) is 75.3 Å². The van der Waals surface area contributed by atoms with Crippen LogP contribution in [0.4, 0.5) is 0 Å². The number of nitrogens with one attached hydrogen (secondary N) is 2. The summed E-state index contributed by atoms with van der Waals surface area (Å²) in [6.45, 7) is 2.51. The van der Waals surface area contributed by atoms with E-state index in [0.29, 0.717) is 25.3 Å². The van der Waals surface area contributed by atoms with Crippen molar-refractivity contribution in [2.24, 2.45) is 11.8 Å². The number of sulfone groups is 1. The summed E-state index contributed by atoms with van der Waals surface area (Å²) >= 11 is 0. The summed E-state index contributed by atoms with van der Waals surface area (Å²) in [5.41, 5.74) is 0. The van der Waals surface area contributed by atoms with Crippen molar-refractivity contribution in [3.8, 4) is 0 Å². The first-order valence-corrected chi connectivity index (χ1v) is 8.55. The van der Waals surface area contributed by atoms with Crippen molar-refractivity contribution in [2.45, 2.75) is 25.7 Å². The van der Waals surface area contributed by atoms with Crippen LogP contribution in [0, 0.1) is 11.8 Å². The van der Waals surface area contributed by atoms with Crippen molar-refractivity contribution in [3.05, 3.63) is 0 Å². The fourth-order valence-electron chi connectivity index (χ4n) is 2.71. The molecule has 1 amide bonds. The Hall–Kier alpha value is -0.620. The Morgan fingerprint density at radius 3 is 2.50 bits per heavy atom. The number of amides is 1. The van der Waals surface area contributed by atoms with Crippen LogP contribution in [-0.2, 0) is 14.6 Å². The number of hydrogen-bond donors (Lipinski definition) is 2. The third kappa shape index (κ3) is 4.24. The average molecular weight is 274 g/mol. The molecule has 2 saturated heterocycles. The quantitative estimate of drug-likeness (QED) is 0.752. The number of hydrogen-bond acceptors (Lipinski definition) is 4. The first kappa shape index (κ1) is 13.8. The van der Waals surface area contributed by atoms with Crippen molar-refractivity contribution in [1.82, 2.24) is 10.6 Å². The lowest BCUT2D eigenvalue weighted by molar-refractivity contribution is -0.122. The van der Waals surface area contributed by atoms with Crippen molar-refractivity contribution in [1.29, 1.82) is 0 Å². The van der Waals surface area contributed by atoms with Crippen molar-refractivity contribution in [2.75, 3.05) is 31.1 Å². The first-order valence-electron chi connectivity index (χ1n) is 6.73. The van der Waals surface area contributed by atoms with Gasteiger partial charge in [-0.3, -0.25) is 4.79 Å². The van der Waals surface area contributed by atoms with Crippen molar-refractivity contribution >= 4 is 15.7 Å². The molecule has 1 atom stereocenters. The summed E-state index contributed by atoms with van der Waals surface area (Å²) < 4.78 is 22.6. The maximum absolute atomic E-state index is 11.7. The molecule has 18 heavy (non-hydrogen) atoms. The van der Waals surface area contributed by atoms with Crippen LogP contribution in [0.25, 0.3) is 0 Å². The van der Waals surface area contributed by atoms with Gasteiger partial charge in [0, 0.05) is 13.0 Å². The van der Waals surface area contributed by atoms with Crippen LogP contribution < -0.4 is 10.6 Å². The molecule has 2 aliphatic heterocycles. The lowest BCUT2D eigenvalue weighted by atomic mass is 9.94. The molecular weight excluding hydrogens is 252 g/mol. The van der Waals surface area contributed by atoms with Gasteiger partial charge >= 0.3 is 0 Å². The van der Waals surface area contributed by atoms with Crippen LogP contribution in [0.15, 0.2) is 0 Å². The van der Waals surface area contributed by atoms with E-state index in [1.165, 1.54) is 0 Å². The second-order valence-corrected chi connectivity index (χ2v) is 7.70. The summed E-state index contributed by atoms with van der Waals surface area (Å²) in [5.74, 6) is 1.19. The average Bonchev–Trinajstić information content (AvgIpc) is 2.68. The third-order valence-electron chi connectivity index (χ3n) is 3.85. The van der Waals surface area contributed by atoms with Gasteiger partial charge < -0.3 is 10.6 Å². The fourth-order valence-corrected chi connectivity index (χ4v) is 4.57. The molecule has 0 aromatic heterocycles. The molecule has 2 aliphatic rings. The Balaban J connectivity index is 1.65. The normalized spacial score (nSPS) is 28.1. The molecule has 0 radical (unpaired) electrons. The van der Waals surface area contributed by atoms with Crippen LogP contribution in [0.3, 0.4) is 0 Å². The number of carbonyl (C=O) groups is 1. The zero-order valence-corrected chi connectivity index (χ0v) is 11.5. The van der Waals surface area contributed by atoms with Gasteiger partial charge in [-0.05, 0) is 44.2 Å². The molecule has 2 N–H and O–H groups in total. The molecule has 2 rings (SSSR count). The van der Waals surface area contributed by atoms with Crippen molar-refractivity contribution < 1.29 is 13.2 Å². The van der Waals surface area contributed by atoms with Crippen LogP contribution >= 0.6 is 0 Å². The summed E-state index contributed by atoms with van der Waals surface area (Å²) in [4.78, 5) is 11.7. The molecule has 5 nitrogen and oxygen atoms in total. The minimum Gasteiger partial charge on any atom is -0.356 e. The molecule has 0 aromatic carbocycles. The highest BCUT2D eigenvalue weighted by molar-refractivity contribution is 7.91. The number of piperidine rings is 1. The number of carbonyl (C=O) groups excluding carboxylic acids is 1. The zero-order valence-electron chi connectivity index (χ0n) is 10.7. The molecule has 2 fully saturated rings. The van der Waals surface area contributed by atoms with Crippen molar-refractivity contribution in [3.63, 3.8) is 0 Å². The monoisotopic (exact) mass is 274 g/mol. The molecular formula is C12H22N2O3S. The highest BCUT2D eigenvalue weighted by atomic mass is 32.2. The summed E-state index contributed by atoms with van der Waals surface area (Å²) in [6, 6.07) is 0. The van der Waals surface area contributed by atoms with E-state index in [9.17, 15) is 13.2 Å². The van der Waals surface area contributed by atoms with Gasteiger partial charge in [-0.1, -0.05) is 0 Å². The molecule has 0 aromatic rings. The largest absolute Gasteiger partial charge is 0.356 e. The van der Waals surface area contributed by atoms with E-state index in [1.807, 2.05) is 0 Å². The summed E-state index contributed by atoms with van der Waals surface area (Å²) in [5, 5.41) is 6.16. The SMILES string of the molecule is O=C(CC1CCNCC1)NCC1CCS(=O)(=O)C1. The predicted octanol–water partition coefficient (Wildman–Crippen LogP) is -0.0730. The number of rotatable bonds is 4. The standard InChI is InChI=1S/C12H22N2O3S/c15-12(7-10-1-4-13-5-2-10)14-8-11-3-6-18(16,17)9-11/h10-11,13H,1-9H2,(H,14,15). The van der Waals surface area contributed by atoms with E-state index in [0.717, 1.165) is 25.9 Å². The lowest BCUT2D eigenvalue weighted by Gasteiger charge is -2.22. The van der Waals surface area contributed by atoms with Gasteiger partial charge in [0.15, 0.2) is 9.84 Å². The third-order valence-corrected chi connectivity index (χ3v) is 5.68. The Bertz CT molecular complexity index is 388. The van der Waals surface area contributed by atoms with Crippen LogP contribution in [0.2, 0.25) is 0 Å². The molecule has 0 spiro atoms. The predicted molar refractivity (Wildman–Crippen MR) is 70.0 cm³/mol. The van der Waals surface area contributed by atoms with Gasteiger partial charge in [-0.2, -0.15) is 0 Å². The second kappa shape index (κ2) is 6.02. The van der Waals surface area contributed by atoms with E-state index in [2.05, 4.69) is 10.6 Å². The van der Waals surface area contributed by atoms with Gasteiger partial charge in [0.25, 0.3) is 0 Å². The molecule has 2 heterocycles. The first-order chi connectivity index (χ1) is 8.55. The molecule has 6 heteroatoms. The Labute approximate surface area is 109 Å². The van der Waals surface area contributed by atoms with E-state index in [1.54, 1.807) is 0 Å². The molecule has 0 bridgehead atoms. The minimum atomic E-state index is -2.83. The zero-order chi connectivity index (χ0) is 13.0. The van der Waals surface area contributed by atoms with Gasteiger partial charge in [0.2, 0.25) is 5.91 Å². The molecule has 0 aliphatic carbocycles. The van der Waals surface area contributed by atoms with Crippen LogP contribution in [0.1, 0.15) is 25.7 Å². The maximum atomic E-state index is 11.7. The van der Waals surface area contributed by atoms with E-state index >= 15 is 0 Å². The lowest BCUT2D eigenvalue weighted by Crippen LogP contribution is -2.34. The van der Waals surface area contributed by atoms with E-state index < -0.39 is 9.84 Å².